The SMILES string of the molecule is COCCCN1C(=O)c2oc3cc(C)c(C)cc3c(=O)c2C1c1ccc(OCC(N)=O)cc1. The molecule has 0 aliphatic carbocycles. The van der Waals surface area contributed by atoms with Crippen LogP contribution in [0.1, 0.15) is 45.3 Å². The molecule has 1 aliphatic heterocycles. The second-order valence-corrected chi connectivity index (χ2v) is 8.18. The van der Waals surface area contributed by atoms with Crippen molar-refractivity contribution in [3.8, 4) is 5.75 Å². The van der Waals surface area contributed by atoms with Gasteiger partial charge in [-0.15, -0.1) is 0 Å². The third kappa shape index (κ3) is 4.21. The van der Waals surface area contributed by atoms with Gasteiger partial charge in [0.2, 0.25) is 5.76 Å². The van der Waals surface area contributed by atoms with Gasteiger partial charge in [-0.1, -0.05) is 12.1 Å². The highest BCUT2D eigenvalue weighted by molar-refractivity contribution is 5.99. The van der Waals surface area contributed by atoms with E-state index in [1.54, 1.807) is 42.3 Å². The number of nitrogens with two attached hydrogens (primary N) is 1. The molecular weight excluding hydrogens is 424 g/mol. The van der Waals surface area contributed by atoms with Crippen LogP contribution in [-0.4, -0.2) is 43.6 Å². The average Bonchev–Trinajstić information content (AvgIpc) is 3.06. The molecule has 8 nitrogen and oxygen atoms in total. The van der Waals surface area contributed by atoms with Crippen molar-refractivity contribution in [2.45, 2.75) is 26.3 Å². The highest BCUT2D eigenvalue weighted by Crippen LogP contribution is 2.39. The minimum absolute atomic E-state index is 0.0761. The van der Waals surface area contributed by atoms with Gasteiger partial charge in [0, 0.05) is 20.3 Å². The summed E-state index contributed by atoms with van der Waals surface area (Å²) in [5.41, 5.74) is 8.35. The molecule has 0 saturated heterocycles. The molecule has 2 aromatic carbocycles. The van der Waals surface area contributed by atoms with Crippen molar-refractivity contribution in [3.63, 3.8) is 0 Å². The Bertz CT molecular complexity index is 1280. The predicted octanol–water partition coefficient (Wildman–Crippen LogP) is 2.86. The van der Waals surface area contributed by atoms with E-state index in [-0.39, 0.29) is 23.7 Å². The Morgan fingerprint density at radius 2 is 1.82 bits per heavy atom. The van der Waals surface area contributed by atoms with Gasteiger partial charge in [0.1, 0.15) is 11.3 Å². The zero-order chi connectivity index (χ0) is 23.7. The van der Waals surface area contributed by atoms with Crippen molar-refractivity contribution in [3.05, 3.63) is 74.6 Å². The van der Waals surface area contributed by atoms with E-state index in [9.17, 15) is 14.4 Å². The number of hydrogen-bond donors (Lipinski definition) is 1. The third-order valence-electron chi connectivity index (χ3n) is 5.91. The quantitative estimate of drug-likeness (QED) is 0.528. The van der Waals surface area contributed by atoms with Gasteiger partial charge in [-0.05, 0) is 61.2 Å². The maximum absolute atomic E-state index is 13.6. The fourth-order valence-corrected chi connectivity index (χ4v) is 4.13. The summed E-state index contributed by atoms with van der Waals surface area (Å²) in [7, 11) is 1.60. The van der Waals surface area contributed by atoms with Crippen molar-refractivity contribution in [2.75, 3.05) is 26.9 Å². The van der Waals surface area contributed by atoms with E-state index in [2.05, 4.69) is 0 Å². The molecular formula is C25H26N2O6. The maximum atomic E-state index is 13.6. The van der Waals surface area contributed by atoms with E-state index < -0.39 is 11.9 Å². The number of carbonyl (C=O) groups is 2. The summed E-state index contributed by atoms with van der Waals surface area (Å²) >= 11 is 0. The molecule has 3 aromatic rings. The van der Waals surface area contributed by atoms with Gasteiger partial charge in [-0.3, -0.25) is 14.4 Å². The van der Waals surface area contributed by atoms with E-state index in [1.165, 1.54) is 0 Å². The highest BCUT2D eigenvalue weighted by Gasteiger charge is 2.42. The first kappa shape index (κ1) is 22.5. The van der Waals surface area contributed by atoms with E-state index >= 15 is 0 Å². The Labute approximate surface area is 190 Å². The predicted molar refractivity (Wildman–Crippen MR) is 122 cm³/mol. The van der Waals surface area contributed by atoms with Crippen molar-refractivity contribution < 1.29 is 23.5 Å². The van der Waals surface area contributed by atoms with Crippen molar-refractivity contribution in [1.82, 2.24) is 4.90 Å². The van der Waals surface area contributed by atoms with Crippen LogP contribution >= 0.6 is 0 Å². The van der Waals surface area contributed by atoms with Gasteiger partial charge in [0.05, 0.1) is 17.0 Å². The number of fused-ring (bicyclic) bond motifs is 2. The number of methoxy groups -OCH3 is 1. The summed E-state index contributed by atoms with van der Waals surface area (Å²) in [5.74, 6) is -0.358. The second kappa shape index (κ2) is 9.07. The monoisotopic (exact) mass is 450 g/mol. The minimum Gasteiger partial charge on any atom is -0.484 e. The largest absolute Gasteiger partial charge is 0.484 e. The second-order valence-electron chi connectivity index (χ2n) is 8.18. The lowest BCUT2D eigenvalue weighted by atomic mass is 9.97. The number of carbonyl (C=O) groups excluding carboxylic acids is 2. The molecule has 4 rings (SSSR count). The van der Waals surface area contributed by atoms with E-state index in [1.807, 2.05) is 19.9 Å². The lowest BCUT2D eigenvalue weighted by Crippen LogP contribution is -2.31. The fraction of sp³-hybridized carbons (Fsp3) is 0.320. The minimum atomic E-state index is -0.600. The fourth-order valence-electron chi connectivity index (χ4n) is 4.13. The molecule has 1 aliphatic rings. The maximum Gasteiger partial charge on any atom is 0.290 e. The molecule has 172 valence electrons. The smallest absolute Gasteiger partial charge is 0.290 e. The first-order valence-corrected chi connectivity index (χ1v) is 10.7. The number of benzene rings is 2. The number of aryl methyl sites for hydroxylation is 2. The topological polar surface area (TPSA) is 112 Å². The normalized spacial score (nSPS) is 15.2. The Balaban J connectivity index is 1.82. The molecule has 1 aromatic heterocycles. The number of nitrogens with zero attached hydrogens (tertiary/aromatic N) is 1. The summed E-state index contributed by atoms with van der Waals surface area (Å²) in [5, 5.41) is 0.454. The Hall–Kier alpha value is -3.65. The van der Waals surface area contributed by atoms with E-state index in [0.717, 1.165) is 16.7 Å². The van der Waals surface area contributed by atoms with Crippen molar-refractivity contribution in [1.29, 1.82) is 0 Å². The van der Waals surface area contributed by atoms with Crippen LogP contribution in [0.15, 0.2) is 45.6 Å². The molecule has 1 atom stereocenters. The molecule has 0 radical (unpaired) electrons. The standard InChI is InChI=1S/C25H26N2O6/c1-14-11-18-19(12-15(14)2)33-24-21(23(18)29)22(27(25(24)30)9-4-10-31-3)16-5-7-17(8-6-16)32-13-20(26)28/h5-8,11-12,22H,4,9-10,13H2,1-3H3,(H2,26,28). The number of hydrogen-bond acceptors (Lipinski definition) is 6. The van der Waals surface area contributed by atoms with Crippen LogP contribution in [-0.2, 0) is 9.53 Å². The van der Waals surface area contributed by atoms with Crippen LogP contribution in [0, 0.1) is 13.8 Å². The lowest BCUT2D eigenvalue weighted by Gasteiger charge is -2.25. The number of primary amides is 1. The lowest BCUT2D eigenvalue weighted by molar-refractivity contribution is -0.119. The summed E-state index contributed by atoms with van der Waals surface area (Å²) in [6, 6.07) is 9.93. The van der Waals surface area contributed by atoms with Crippen molar-refractivity contribution >= 4 is 22.8 Å². The Kier molecular flexibility index (Phi) is 6.20. The number of rotatable bonds is 8. The Morgan fingerprint density at radius 3 is 2.48 bits per heavy atom. The van der Waals surface area contributed by atoms with Crippen LogP contribution in [0.5, 0.6) is 5.75 Å². The average molecular weight is 450 g/mol. The van der Waals surface area contributed by atoms with Crippen LogP contribution in [0.25, 0.3) is 11.0 Å². The van der Waals surface area contributed by atoms with Crippen LogP contribution in [0.2, 0.25) is 0 Å². The molecule has 2 N–H and O–H groups in total. The van der Waals surface area contributed by atoms with Gasteiger partial charge >= 0.3 is 0 Å². The number of ether oxygens (including phenoxy) is 2. The van der Waals surface area contributed by atoms with Gasteiger partial charge in [-0.25, -0.2) is 0 Å². The van der Waals surface area contributed by atoms with Gasteiger partial charge in [-0.2, -0.15) is 0 Å². The molecule has 0 saturated carbocycles. The first-order chi connectivity index (χ1) is 15.8. The molecule has 2 heterocycles. The molecule has 0 fully saturated rings. The van der Waals surface area contributed by atoms with Crippen molar-refractivity contribution in [2.24, 2.45) is 5.73 Å². The van der Waals surface area contributed by atoms with Crippen LogP contribution < -0.4 is 15.9 Å². The Morgan fingerprint density at radius 1 is 1.12 bits per heavy atom. The summed E-state index contributed by atoms with van der Waals surface area (Å²) in [4.78, 5) is 39.6. The van der Waals surface area contributed by atoms with Crippen LogP contribution in [0.3, 0.4) is 0 Å². The molecule has 0 spiro atoms. The van der Waals surface area contributed by atoms with Gasteiger partial charge < -0.3 is 24.5 Å². The van der Waals surface area contributed by atoms with E-state index in [0.29, 0.717) is 41.9 Å². The number of amides is 2. The summed E-state index contributed by atoms with van der Waals surface area (Å²) < 4.78 is 16.5. The zero-order valence-electron chi connectivity index (χ0n) is 18.8. The molecule has 1 unspecified atom stereocenters. The first-order valence-electron chi connectivity index (χ1n) is 10.7. The zero-order valence-corrected chi connectivity index (χ0v) is 18.8. The van der Waals surface area contributed by atoms with Crippen LogP contribution in [0.4, 0.5) is 0 Å². The summed E-state index contributed by atoms with van der Waals surface area (Å²) in [6.07, 6.45) is 0.610. The van der Waals surface area contributed by atoms with E-state index in [4.69, 9.17) is 19.6 Å². The molecule has 8 heteroatoms. The highest BCUT2D eigenvalue weighted by atomic mass is 16.5. The van der Waals surface area contributed by atoms with Gasteiger partial charge in [0.25, 0.3) is 11.8 Å². The van der Waals surface area contributed by atoms with Gasteiger partial charge in [0.15, 0.2) is 12.0 Å². The molecule has 33 heavy (non-hydrogen) atoms. The molecule has 2 amide bonds. The third-order valence-corrected chi connectivity index (χ3v) is 5.91. The molecule has 0 bridgehead atoms. The summed E-state index contributed by atoms with van der Waals surface area (Å²) in [6.45, 7) is 4.52.